The highest BCUT2D eigenvalue weighted by Crippen LogP contribution is 2.22. The summed E-state index contributed by atoms with van der Waals surface area (Å²) in [5.74, 6) is 1.78. The number of fused-ring (bicyclic) bond motifs is 1. The third-order valence-electron chi connectivity index (χ3n) is 5.13. The van der Waals surface area contributed by atoms with Crippen molar-refractivity contribution in [1.82, 2.24) is 15.1 Å². The van der Waals surface area contributed by atoms with Gasteiger partial charge in [0.15, 0.2) is 5.96 Å². The molecular weight excluding hydrogens is 527 g/mol. The van der Waals surface area contributed by atoms with E-state index in [-0.39, 0.29) is 29.9 Å². The second kappa shape index (κ2) is 12.8. The van der Waals surface area contributed by atoms with Gasteiger partial charge in [-0.1, -0.05) is 35.9 Å². The molecule has 2 aromatic rings. The average Bonchev–Trinajstić information content (AvgIpc) is 3.19. The number of aliphatic imine (C=N–C) groups is 1. The first-order valence-corrected chi connectivity index (χ1v) is 10.6. The van der Waals surface area contributed by atoms with Gasteiger partial charge in [0.05, 0.1) is 6.54 Å². The zero-order chi connectivity index (χ0) is 21.3. The lowest BCUT2D eigenvalue weighted by Gasteiger charge is -2.22. The number of carbonyl (C=O) groups is 1. The first-order valence-electron chi connectivity index (χ1n) is 10.2. The van der Waals surface area contributed by atoms with Crippen molar-refractivity contribution in [1.29, 1.82) is 0 Å². The summed E-state index contributed by atoms with van der Waals surface area (Å²) >= 11 is 5.88. The summed E-state index contributed by atoms with van der Waals surface area (Å²) in [5, 5.41) is 4.01. The van der Waals surface area contributed by atoms with E-state index >= 15 is 0 Å². The summed E-state index contributed by atoms with van der Waals surface area (Å²) in [6.07, 6.45) is 1.29. The van der Waals surface area contributed by atoms with Gasteiger partial charge in [-0.25, -0.2) is 0 Å². The van der Waals surface area contributed by atoms with Crippen LogP contribution in [0.2, 0.25) is 5.02 Å². The first-order chi connectivity index (χ1) is 14.6. The van der Waals surface area contributed by atoms with Gasteiger partial charge in [-0.05, 0) is 41.8 Å². The van der Waals surface area contributed by atoms with E-state index in [9.17, 15) is 4.79 Å². The summed E-state index contributed by atoms with van der Waals surface area (Å²) in [6, 6.07) is 15.6. The van der Waals surface area contributed by atoms with Gasteiger partial charge < -0.3 is 19.9 Å². The zero-order valence-corrected chi connectivity index (χ0v) is 21.1. The van der Waals surface area contributed by atoms with Crippen LogP contribution in [0.4, 0.5) is 0 Å². The molecule has 0 saturated heterocycles. The molecule has 2 aromatic carbocycles. The fraction of sp³-hybridized carbons (Fsp3) is 0.391. The first kappa shape index (κ1) is 25.3. The van der Waals surface area contributed by atoms with Crippen molar-refractivity contribution < 1.29 is 9.53 Å². The van der Waals surface area contributed by atoms with Crippen LogP contribution in [0, 0.1) is 0 Å². The molecule has 168 valence electrons. The molecule has 0 bridgehead atoms. The molecule has 6 nitrogen and oxygen atoms in total. The molecule has 0 fully saturated rings. The van der Waals surface area contributed by atoms with E-state index < -0.39 is 0 Å². The Hall–Kier alpha value is -2.00. The average molecular weight is 557 g/mol. The Morgan fingerprint density at radius 3 is 2.42 bits per heavy atom. The van der Waals surface area contributed by atoms with Crippen molar-refractivity contribution in [3.8, 4) is 5.75 Å². The second-order valence-electron chi connectivity index (χ2n) is 7.32. The van der Waals surface area contributed by atoms with Gasteiger partial charge in [0.1, 0.15) is 12.4 Å². The molecule has 0 aromatic heterocycles. The van der Waals surface area contributed by atoms with Crippen LogP contribution in [0.25, 0.3) is 0 Å². The lowest BCUT2D eigenvalue weighted by atomic mass is 10.1. The third kappa shape index (κ3) is 7.57. The van der Waals surface area contributed by atoms with Crippen molar-refractivity contribution >= 4 is 47.4 Å². The van der Waals surface area contributed by atoms with Crippen LogP contribution in [0.3, 0.4) is 0 Å². The van der Waals surface area contributed by atoms with E-state index in [0.717, 1.165) is 31.2 Å². The van der Waals surface area contributed by atoms with Gasteiger partial charge in [-0.3, -0.25) is 9.79 Å². The number of halogens is 2. The maximum atomic E-state index is 12.5. The lowest BCUT2D eigenvalue weighted by molar-refractivity contribution is -0.131. The Morgan fingerprint density at radius 2 is 1.81 bits per heavy atom. The van der Waals surface area contributed by atoms with Gasteiger partial charge in [0, 0.05) is 45.2 Å². The minimum Gasteiger partial charge on any atom is -0.492 e. The van der Waals surface area contributed by atoms with Crippen LogP contribution in [0.5, 0.6) is 5.75 Å². The van der Waals surface area contributed by atoms with Crippen molar-refractivity contribution in [2.75, 3.05) is 33.8 Å². The maximum absolute atomic E-state index is 12.5. The summed E-state index contributed by atoms with van der Waals surface area (Å²) in [4.78, 5) is 20.7. The smallest absolute Gasteiger partial charge is 0.223 e. The highest BCUT2D eigenvalue weighted by Gasteiger charge is 2.22. The van der Waals surface area contributed by atoms with Gasteiger partial charge in [-0.15, -0.1) is 24.0 Å². The van der Waals surface area contributed by atoms with Gasteiger partial charge in [0.2, 0.25) is 5.91 Å². The molecule has 1 amide bonds. The molecule has 0 saturated carbocycles. The van der Waals surface area contributed by atoms with E-state index in [1.165, 1.54) is 11.1 Å². The summed E-state index contributed by atoms with van der Waals surface area (Å²) in [5.41, 5.74) is 2.51. The minimum atomic E-state index is 0. The summed E-state index contributed by atoms with van der Waals surface area (Å²) in [7, 11) is 3.72. The van der Waals surface area contributed by atoms with Crippen LogP contribution in [0.15, 0.2) is 53.5 Å². The number of ether oxygens (including phenoxy) is 1. The van der Waals surface area contributed by atoms with E-state index in [0.29, 0.717) is 31.1 Å². The molecule has 0 spiro atoms. The Morgan fingerprint density at radius 1 is 1.16 bits per heavy atom. The number of carbonyl (C=O) groups excluding carboxylic acids is 1. The molecule has 1 N–H and O–H groups in total. The predicted octanol–water partition coefficient (Wildman–Crippen LogP) is 4.17. The van der Waals surface area contributed by atoms with E-state index in [2.05, 4.69) is 22.4 Å². The van der Waals surface area contributed by atoms with Crippen LogP contribution >= 0.6 is 35.6 Å². The number of hydrogen-bond acceptors (Lipinski definition) is 3. The highest BCUT2D eigenvalue weighted by molar-refractivity contribution is 14.0. The molecule has 3 rings (SSSR count). The Bertz CT molecular complexity index is 851. The van der Waals surface area contributed by atoms with Crippen LogP contribution in [-0.2, 0) is 17.9 Å². The van der Waals surface area contributed by atoms with Crippen LogP contribution in [0.1, 0.15) is 24.0 Å². The van der Waals surface area contributed by atoms with E-state index in [1.807, 2.05) is 53.2 Å². The summed E-state index contributed by atoms with van der Waals surface area (Å²) in [6.45, 7) is 3.36. The number of likely N-dealkylation sites (N-methyl/N-ethyl adjacent to an activating group) is 1. The second-order valence-corrected chi connectivity index (χ2v) is 7.76. The number of nitrogens with one attached hydrogen (secondary N) is 1. The summed E-state index contributed by atoms with van der Waals surface area (Å²) < 4.78 is 5.73. The minimum absolute atomic E-state index is 0. The molecule has 31 heavy (non-hydrogen) atoms. The monoisotopic (exact) mass is 556 g/mol. The quantitative estimate of drug-likeness (QED) is 0.230. The molecule has 1 heterocycles. The highest BCUT2D eigenvalue weighted by atomic mass is 127. The van der Waals surface area contributed by atoms with E-state index in [4.69, 9.17) is 16.3 Å². The molecule has 0 atom stereocenters. The van der Waals surface area contributed by atoms with Crippen molar-refractivity contribution in [3.05, 3.63) is 64.7 Å². The number of amides is 1. The fourth-order valence-corrected chi connectivity index (χ4v) is 3.56. The normalized spacial score (nSPS) is 12.7. The van der Waals surface area contributed by atoms with Crippen molar-refractivity contribution in [3.63, 3.8) is 0 Å². The van der Waals surface area contributed by atoms with Crippen LogP contribution < -0.4 is 10.1 Å². The number of guanidine groups is 1. The number of hydrogen-bond donors (Lipinski definition) is 1. The number of nitrogens with zero attached hydrogens (tertiary/aromatic N) is 3. The Labute approximate surface area is 206 Å². The lowest BCUT2D eigenvalue weighted by Crippen LogP contribution is -2.41. The molecule has 1 aliphatic heterocycles. The van der Waals surface area contributed by atoms with Crippen molar-refractivity contribution in [2.24, 2.45) is 4.99 Å². The molecule has 0 radical (unpaired) electrons. The fourth-order valence-electron chi connectivity index (χ4n) is 3.43. The van der Waals surface area contributed by atoms with Crippen molar-refractivity contribution in [2.45, 2.75) is 25.9 Å². The molecular formula is C23H30ClIN4O2. The molecule has 8 heteroatoms. The standard InChI is InChI=1S/C23H29ClN4O2.HI/c1-25-23(27(2)14-15-30-21-11-9-20(24)10-12-21)26-13-5-8-22(29)28-16-18-6-3-4-7-19(18)17-28;/h3-4,6-7,9-12H,5,8,13-17H2,1-2H3,(H,25,26);1H. The van der Waals surface area contributed by atoms with Crippen LogP contribution in [-0.4, -0.2) is 55.5 Å². The molecule has 0 aliphatic carbocycles. The maximum Gasteiger partial charge on any atom is 0.223 e. The molecule has 0 unspecified atom stereocenters. The SMILES string of the molecule is CN=C(NCCCC(=O)N1Cc2ccccc2C1)N(C)CCOc1ccc(Cl)cc1.I. The number of rotatable bonds is 8. The Kier molecular flexibility index (Phi) is 10.4. The zero-order valence-electron chi connectivity index (χ0n) is 18.0. The van der Waals surface area contributed by atoms with Gasteiger partial charge in [0.25, 0.3) is 0 Å². The van der Waals surface area contributed by atoms with Gasteiger partial charge >= 0.3 is 0 Å². The third-order valence-corrected chi connectivity index (χ3v) is 5.38. The van der Waals surface area contributed by atoms with Gasteiger partial charge in [-0.2, -0.15) is 0 Å². The largest absolute Gasteiger partial charge is 0.492 e. The van der Waals surface area contributed by atoms with E-state index in [1.54, 1.807) is 7.05 Å². The molecule has 1 aliphatic rings. The topological polar surface area (TPSA) is 57.2 Å². The predicted molar refractivity (Wildman–Crippen MR) is 136 cm³/mol. The Balaban J connectivity index is 0.00000341. The number of benzene rings is 2.